The van der Waals surface area contributed by atoms with E-state index in [1.807, 2.05) is 13.8 Å². The molecule has 0 aromatic rings. The van der Waals surface area contributed by atoms with Crippen molar-refractivity contribution in [1.82, 2.24) is 10.6 Å². The maximum atomic E-state index is 11.1. The summed E-state index contributed by atoms with van der Waals surface area (Å²) in [5.74, 6) is 0.0292. The molecule has 0 heterocycles. The van der Waals surface area contributed by atoms with E-state index >= 15 is 0 Å². The van der Waals surface area contributed by atoms with Crippen molar-refractivity contribution in [3.05, 3.63) is 0 Å². The Morgan fingerprint density at radius 2 is 1.86 bits per heavy atom. The Balaban J connectivity index is 3.49. The number of carbonyl (C=O) groups is 2. The Hall–Kier alpha value is -1.06. The lowest BCUT2D eigenvalue weighted by Gasteiger charge is -2.07. The minimum Gasteiger partial charge on any atom is -0.338 e. The van der Waals surface area contributed by atoms with E-state index in [-0.39, 0.29) is 24.3 Å². The normalized spacial score (nSPS) is 10.0. The molecule has 0 aliphatic heterocycles. The molecule has 0 atom stereocenters. The fourth-order valence-electron chi connectivity index (χ4n) is 0.813. The number of hydrogen-bond donors (Lipinski definition) is 2. The zero-order chi connectivity index (χ0) is 11.0. The summed E-state index contributed by atoms with van der Waals surface area (Å²) in [6.45, 7) is 6.48. The number of ketones is 1. The van der Waals surface area contributed by atoms with Crippen LogP contribution in [0.25, 0.3) is 0 Å². The second-order valence-electron chi connectivity index (χ2n) is 3.58. The van der Waals surface area contributed by atoms with Crippen LogP contribution in [0, 0.1) is 5.92 Å². The molecule has 0 saturated heterocycles. The Morgan fingerprint density at radius 1 is 1.21 bits per heavy atom. The van der Waals surface area contributed by atoms with E-state index in [4.69, 9.17) is 0 Å². The Bertz CT molecular complexity index is 191. The summed E-state index contributed by atoms with van der Waals surface area (Å²) in [7, 11) is 0. The molecule has 0 unspecified atom stereocenters. The van der Waals surface area contributed by atoms with Crippen LogP contribution in [0.4, 0.5) is 4.79 Å². The van der Waals surface area contributed by atoms with Crippen molar-refractivity contribution in [3.8, 4) is 0 Å². The second-order valence-corrected chi connectivity index (χ2v) is 3.58. The topological polar surface area (TPSA) is 58.2 Å². The van der Waals surface area contributed by atoms with Gasteiger partial charge in [-0.15, -0.1) is 0 Å². The highest BCUT2D eigenvalue weighted by Gasteiger charge is 2.08. The van der Waals surface area contributed by atoms with Gasteiger partial charge in [0, 0.05) is 12.5 Å². The van der Waals surface area contributed by atoms with Gasteiger partial charge in [0.1, 0.15) is 0 Å². The first-order valence-corrected chi connectivity index (χ1v) is 5.12. The third kappa shape index (κ3) is 6.46. The standard InChI is InChI=1S/C10H20N2O2/c1-4-5-6-11-10(14)12-7-9(13)8(2)3/h8H,4-7H2,1-3H3,(H2,11,12,14). The lowest BCUT2D eigenvalue weighted by molar-refractivity contribution is -0.120. The zero-order valence-corrected chi connectivity index (χ0v) is 9.22. The van der Waals surface area contributed by atoms with Crippen molar-refractivity contribution in [3.63, 3.8) is 0 Å². The highest BCUT2D eigenvalue weighted by Crippen LogP contribution is 1.91. The van der Waals surface area contributed by atoms with Gasteiger partial charge in [0.15, 0.2) is 5.78 Å². The van der Waals surface area contributed by atoms with Crippen LogP contribution in [0.3, 0.4) is 0 Å². The fourth-order valence-corrected chi connectivity index (χ4v) is 0.813. The van der Waals surface area contributed by atoms with Crippen LogP contribution in [-0.4, -0.2) is 24.9 Å². The lowest BCUT2D eigenvalue weighted by atomic mass is 10.1. The lowest BCUT2D eigenvalue weighted by Crippen LogP contribution is -2.39. The number of hydrogen-bond acceptors (Lipinski definition) is 2. The zero-order valence-electron chi connectivity index (χ0n) is 9.22. The van der Waals surface area contributed by atoms with Crippen molar-refractivity contribution in [2.75, 3.05) is 13.1 Å². The summed E-state index contributed by atoms with van der Waals surface area (Å²) < 4.78 is 0. The summed E-state index contributed by atoms with van der Waals surface area (Å²) >= 11 is 0. The van der Waals surface area contributed by atoms with E-state index in [0.29, 0.717) is 6.54 Å². The maximum absolute atomic E-state index is 11.1. The van der Waals surface area contributed by atoms with E-state index in [2.05, 4.69) is 17.6 Å². The molecular formula is C10H20N2O2. The minimum absolute atomic E-state index is 0.0223. The molecule has 0 aromatic carbocycles. The highest BCUT2D eigenvalue weighted by atomic mass is 16.2. The van der Waals surface area contributed by atoms with Gasteiger partial charge >= 0.3 is 6.03 Å². The van der Waals surface area contributed by atoms with Crippen LogP contribution in [-0.2, 0) is 4.79 Å². The molecule has 4 nitrogen and oxygen atoms in total. The van der Waals surface area contributed by atoms with Gasteiger partial charge in [-0.05, 0) is 6.42 Å². The molecule has 0 aliphatic rings. The average Bonchev–Trinajstić information content (AvgIpc) is 2.14. The third-order valence-electron chi connectivity index (χ3n) is 1.88. The maximum Gasteiger partial charge on any atom is 0.315 e. The summed E-state index contributed by atoms with van der Waals surface area (Å²) in [6.07, 6.45) is 2.01. The van der Waals surface area contributed by atoms with Crippen LogP contribution in [0.15, 0.2) is 0 Å². The van der Waals surface area contributed by atoms with Crippen LogP contribution >= 0.6 is 0 Å². The molecule has 2 N–H and O–H groups in total. The van der Waals surface area contributed by atoms with E-state index < -0.39 is 0 Å². The second kappa shape index (κ2) is 7.35. The third-order valence-corrected chi connectivity index (χ3v) is 1.88. The molecule has 0 aliphatic carbocycles. The van der Waals surface area contributed by atoms with Gasteiger partial charge in [0.05, 0.1) is 6.54 Å². The molecule has 0 bridgehead atoms. The van der Waals surface area contributed by atoms with Gasteiger partial charge in [0.25, 0.3) is 0 Å². The van der Waals surface area contributed by atoms with Crippen LogP contribution < -0.4 is 10.6 Å². The number of Topliss-reactive ketones (excluding diaryl/α,β-unsaturated/α-hetero) is 1. The summed E-state index contributed by atoms with van der Waals surface area (Å²) in [5, 5.41) is 5.20. The van der Waals surface area contributed by atoms with Crippen molar-refractivity contribution in [2.45, 2.75) is 33.6 Å². The van der Waals surface area contributed by atoms with Gasteiger partial charge in [0.2, 0.25) is 0 Å². The first-order valence-electron chi connectivity index (χ1n) is 5.12. The van der Waals surface area contributed by atoms with Crippen molar-refractivity contribution < 1.29 is 9.59 Å². The van der Waals surface area contributed by atoms with Crippen molar-refractivity contribution in [1.29, 1.82) is 0 Å². The molecule has 0 spiro atoms. The van der Waals surface area contributed by atoms with E-state index in [9.17, 15) is 9.59 Å². The molecule has 2 amide bonds. The number of unbranched alkanes of at least 4 members (excludes halogenated alkanes) is 1. The first-order chi connectivity index (χ1) is 6.57. The molecule has 0 fully saturated rings. The summed E-state index contributed by atoms with van der Waals surface area (Å²) in [5.41, 5.74) is 0. The Morgan fingerprint density at radius 3 is 2.36 bits per heavy atom. The van der Waals surface area contributed by atoms with Gasteiger partial charge in [-0.3, -0.25) is 4.79 Å². The van der Waals surface area contributed by atoms with Gasteiger partial charge < -0.3 is 10.6 Å². The monoisotopic (exact) mass is 200 g/mol. The Kier molecular flexibility index (Phi) is 6.80. The predicted molar refractivity (Wildman–Crippen MR) is 56.2 cm³/mol. The fraction of sp³-hybridized carbons (Fsp3) is 0.800. The molecule has 0 rings (SSSR count). The van der Waals surface area contributed by atoms with Gasteiger partial charge in [-0.25, -0.2) is 4.79 Å². The molecule has 14 heavy (non-hydrogen) atoms. The van der Waals surface area contributed by atoms with Crippen LogP contribution in [0.5, 0.6) is 0 Å². The molecule has 0 saturated carbocycles. The molecule has 4 heteroatoms. The van der Waals surface area contributed by atoms with Crippen LogP contribution in [0.2, 0.25) is 0 Å². The SMILES string of the molecule is CCCCNC(=O)NCC(=O)C(C)C. The predicted octanol–water partition coefficient (Wildman–Crippen LogP) is 1.31. The highest BCUT2D eigenvalue weighted by molar-refractivity contribution is 5.86. The van der Waals surface area contributed by atoms with Gasteiger partial charge in [-0.1, -0.05) is 27.2 Å². The number of nitrogens with one attached hydrogen (secondary N) is 2. The van der Waals surface area contributed by atoms with Crippen molar-refractivity contribution in [2.24, 2.45) is 5.92 Å². The Labute approximate surface area is 85.4 Å². The van der Waals surface area contributed by atoms with Crippen molar-refractivity contribution >= 4 is 11.8 Å². The number of amides is 2. The molecule has 0 radical (unpaired) electrons. The van der Waals surface area contributed by atoms with Crippen LogP contribution in [0.1, 0.15) is 33.6 Å². The quantitative estimate of drug-likeness (QED) is 0.635. The smallest absolute Gasteiger partial charge is 0.315 e. The van der Waals surface area contributed by atoms with E-state index in [1.165, 1.54) is 0 Å². The minimum atomic E-state index is -0.257. The van der Waals surface area contributed by atoms with E-state index in [1.54, 1.807) is 0 Å². The largest absolute Gasteiger partial charge is 0.338 e. The number of rotatable bonds is 6. The van der Waals surface area contributed by atoms with E-state index in [0.717, 1.165) is 12.8 Å². The van der Waals surface area contributed by atoms with Gasteiger partial charge in [-0.2, -0.15) is 0 Å². The summed E-state index contributed by atoms with van der Waals surface area (Å²) in [6, 6.07) is -0.257. The summed E-state index contributed by atoms with van der Waals surface area (Å²) in [4.78, 5) is 22.2. The average molecular weight is 200 g/mol. The number of carbonyl (C=O) groups excluding carboxylic acids is 2. The first kappa shape index (κ1) is 12.9. The molecule has 0 aromatic heterocycles. The molecular weight excluding hydrogens is 180 g/mol. The molecule has 82 valence electrons. The number of urea groups is 1.